The average Bonchev–Trinajstić information content (AvgIpc) is 3.19. The molecule has 1 saturated heterocycles. The monoisotopic (exact) mass is 349 g/mol. The fourth-order valence-corrected chi connectivity index (χ4v) is 3.75. The molecule has 0 radical (unpaired) electrons. The van der Waals surface area contributed by atoms with Crippen LogP contribution in [0.15, 0.2) is 12.5 Å². The van der Waals surface area contributed by atoms with Crippen LogP contribution < -0.4 is 11.1 Å². The van der Waals surface area contributed by atoms with Crippen molar-refractivity contribution in [2.45, 2.75) is 57.3 Å². The van der Waals surface area contributed by atoms with E-state index >= 15 is 0 Å². The van der Waals surface area contributed by atoms with Crippen LogP contribution in [0.4, 0.5) is 0 Å². The van der Waals surface area contributed by atoms with E-state index in [1.165, 1.54) is 12.8 Å². The van der Waals surface area contributed by atoms with Crippen molar-refractivity contribution in [2.24, 2.45) is 11.7 Å². The van der Waals surface area contributed by atoms with Crippen LogP contribution in [0.5, 0.6) is 0 Å². The molecule has 25 heavy (non-hydrogen) atoms. The SMILES string of the molecule is COCCn1cncc1CNC(=O)C[C@@H]1CC[C@H](CN)N1CC1CC1. The molecule has 0 spiro atoms. The summed E-state index contributed by atoms with van der Waals surface area (Å²) >= 11 is 0. The number of nitrogens with one attached hydrogen (secondary N) is 1. The second kappa shape index (κ2) is 8.78. The minimum absolute atomic E-state index is 0.114. The van der Waals surface area contributed by atoms with Gasteiger partial charge in [-0.25, -0.2) is 4.98 Å². The zero-order valence-corrected chi connectivity index (χ0v) is 15.2. The van der Waals surface area contributed by atoms with Gasteiger partial charge in [-0.1, -0.05) is 0 Å². The summed E-state index contributed by atoms with van der Waals surface area (Å²) < 4.78 is 7.12. The number of carbonyl (C=O) groups is 1. The third-order valence-electron chi connectivity index (χ3n) is 5.43. The first-order valence-corrected chi connectivity index (χ1v) is 9.41. The lowest BCUT2D eigenvalue weighted by Crippen LogP contribution is -2.43. The van der Waals surface area contributed by atoms with E-state index in [-0.39, 0.29) is 5.91 Å². The van der Waals surface area contributed by atoms with Gasteiger partial charge >= 0.3 is 0 Å². The van der Waals surface area contributed by atoms with Crippen LogP contribution in [0.25, 0.3) is 0 Å². The third kappa shape index (κ3) is 5.03. The molecule has 2 heterocycles. The predicted octanol–water partition coefficient (Wildman–Crippen LogP) is 0.738. The third-order valence-corrected chi connectivity index (χ3v) is 5.43. The largest absolute Gasteiger partial charge is 0.383 e. The minimum atomic E-state index is 0.114. The van der Waals surface area contributed by atoms with Gasteiger partial charge in [0, 0.05) is 51.4 Å². The van der Waals surface area contributed by atoms with Gasteiger partial charge in [-0.3, -0.25) is 9.69 Å². The molecule has 1 saturated carbocycles. The lowest BCUT2D eigenvalue weighted by molar-refractivity contribution is -0.122. The smallest absolute Gasteiger partial charge is 0.221 e. The molecule has 3 rings (SSSR count). The Morgan fingerprint density at radius 1 is 1.36 bits per heavy atom. The number of hydrogen-bond donors (Lipinski definition) is 2. The van der Waals surface area contributed by atoms with E-state index in [1.807, 2.05) is 4.57 Å². The summed E-state index contributed by atoms with van der Waals surface area (Å²) in [6, 6.07) is 0.793. The van der Waals surface area contributed by atoms with Crippen molar-refractivity contribution in [1.29, 1.82) is 0 Å². The second-order valence-electron chi connectivity index (χ2n) is 7.31. The van der Waals surface area contributed by atoms with Gasteiger partial charge in [-0.15, -0.1) is 0 Å². The second-order valence-corrected chi connectivity index (χ2v) is 7.31. The summed E-state index contributed by atoms with van der Waals surface area (Å²) in [4.78, 5) is 19.1. The highest BCUT2D eigenvalue weighted by Gasteiger charge is 2.37. The lowest BCUT2D eigenvalue weighted by atomic mass is 10.1. The molecular formula is C18H31N5O2. The number of ether oxygens (including phenoxy) is 1. The van der Waals surface area contributed by atoms with Crippen molar-refractivity contribution in [2.75, 3.05) is 26.8 Å². The van der Waals surface area contributed by atoms with Crippen molar-refractivity contribution in [3.63, 3.8) is 0 Å². The molecular weight excluding hydrogens is 318 g/mol. The molecule has 7 nitrogen and oxygen atoms in total. The maximum Gasteiger partial charge on any atom is 0.221 e. The fourth-order valence-electron chi connectivity index (χ4n) is 3.75. The Labute approximate surface area is 149 Å². The molecule has 1 aliphatic carbocycles. The quantitative estimate of drug-likeness (QED) is 0.651. The number of imidazole rings is 1. The van der Waals surface area contributed by atoms with Crippen molar-refractivity contribution in [1.82, 2.24) is 19.8 Å². The summed E-state index contributed by atoms with van der Waals surface area (Å²) in [6.45, 7) is 3.71. The van der Waals surface area contributed by atoms with Gasteiger partial charge in [0.25, 0.3) is 0 Å². The summed E-state index contributed by atoms with van der Waals surface area (Å²) in [5.74, 6) is 0.941. The molecule has 3 N–H and O–H groups in total. The van der Waals surface area contributed by atoms with E-state index in [0.717, 1.165) is 37.5 Å². The van der Waals surface area contributed by atoms with Crippen molar-refractivity contribution in [3.8, 4) is 0 Å². The molecule has 2 fully saturated rings. The standard InChI is InChI=1S/C18H31N5O2/c1-25-7-6-22-13-20-10-17(22)11-21-18(24)8-15-4-5-16(9-19)23(15)12-14-2-3-14/h10,13-16H,2-9,11-12,19H2,1H3,(H,21,24)/t15-,16+/m0/s1. The molecule has 7 heteroatoms. The molecule has 0 unspecified atom stereocenters. The lowest BCUT2D eigenvalue weighted by Gasteiger charge is -2.29. The van der Waals surface area contributed by atoms with Gasteiger partial charge in [-0.05, 0) is 31.6 Å². The van der Waals surface area contributed by atoms with Gasteiger partial charge < -0.3 is 20.4 Å². The topological polar surface area (TPSA) is 85.4 Å². The maximum absolute atomic E-state index is 12.4. The first-order valence-electron chi connectivity index (χ1n) is 9.41. The highest BCUT2D eigenvalue weighted by molar-refractivity contribution is 5.76. The van der Waals surface area contributed by atoms with E-state index < -0.39 is 0 Å². The number of nitrogens with two attached hydrogens (primary N) is 1. The normalized spacial score (nSPS) is 23.9. The zero-order valence-electron chi connectivity index (χ0n) is 15.2. The molecule has 140 valence electrons. The number of amides is 1. The number of hydrogen-bond acceptors (Lipinski definition) is 5. The van der Waals surface area contributed by atoms with Crippen molar-refractivity contribution < 1.29 is 9.53 Å². The van der Waals surface area contributed by atoms with Crippen LogP contribution in [0.1, 0.15) is 37.8 Å². The number of carbonyl (C=O) groups excluding carboxylic acids is 1. The zero-order chi connectivity index (χ0) is 17.6. The Morgan fingerprint density at radius 3 is 2.88 bits per heavy atom. The van der Waals surface area contributed by atoms with E-state index in [2.05, 4.69) is 15.2 Å². The number of nitrogens with zero attached hydrogens (tertiary/aromatic N) is 3. The van der Waals surface area contributed by atoms with Crippen LogP contribution in [0, 0.1) is 5.92 Å². The Bertz CT molecular complexity index is 557. The number of aromatic nitrogens is 2. The van der Waals surface area contributed by atoms with Crippen LogP contribution in [0.3, 0.4) is 0 Å². The molecule has 1 aromatic heterocycles. The van der Waals surface area contributed by atoms with E-state index in [0.29, 0.717) is 38.2 Å². The highest BCUT2D eigenvalue weighted by atomic mass is 16.5. The first-order chi connectivity index (χ1) is 12.2. The molecule has 2 aliphatic rings. The first kappa shape index (κ1) is 18.4. The van der Waals surface area contributed by atoms with Crippen LogP contribution >= 0.6 is 0 Å². The number of methoxy groups -OCH3 is 1. The van der Waals surface area contributed by atoms with Crippen LogP contribution in [0.2, 0.25) is 0 Å². The van der Waals surface area contributed by atoms with Gasteiger partial charge in [0.15, 0.2) is 0 Å². The van der Waals surface area contributed by atoms with E-state index in [9.17, 15) is 4.79 Å². The molecule has 0 bridgehead atoms. The minimum Gasteiger partial charge on any atom is -0.383 e. The molecule has 1 aliphatic heterocycles. The summed E-state index contributed by atoms with van der Waals surface area (Å²) in [5, 5.41) is 3.05. The fraction of sp³-hybridized carbons (Fsp3) is 0.778. The van der Waals surface area contributed by atoms with Gasteiger partial charge in [0.1, 0.15) is 0 Å². The van der Waals surface area contributed by atoms with Crippen LogP contribution in [-0.2, 0) is 22.6 Å². The van der Waals surface area contributed by atoms with E-state index in [1.54, 1.807) is 19.6 Å². The van der Waals surface area contributed by atoms with Gasteiger partial charge in [0.2, 0.25) is 5.91 Å². The summed E-state index contributed by atoms with van der Waals surface area (Å²) in [6.07, 6.45) is 9.00. The highest BCUT2D eigenvalue weighted by Crippen LogP contribution is 2.35. The summed E-state index contributed by atoms with van der Waals surface area (Å²) in [5.41, 5.74) is 6.94. The molecule has 1 aromatic rings. The molecule has 0 aromatic carbocycles. The Kier molecular flexibility index (Phi) is 6.45. The van der Waals surface area contributed by atoms with Crippen molar-refractivity contribution >= 4 is 5.91 Å². The molecule has 1 amide bonds. The van der Waals surface area contributed by atoms with Gasteiger partial charge in [-0.2, -0.15) is 0 Å². The number of rotatable bonds is 10. The van der Waals surface area contributed by atoms with E-state index in [4.69, 9.17) is 10.5 Å². The predicted molar refractivity (Wildman–Crippen MR) is 95.9 cm³/mol. The molecule has 2 atom stereocenters. The average molecular weight is 349 g/mol. The van der Waals surface area contributed by atoms with Gasteiger partial charge in [0.05, 0.1) is 25.2 Å². The number of likely N-dealkylation sites (tertiary alicyclic amines) is 1. The van der Waals surface area contributed by atoms with Crippen LogP contribution in [-0.4, -0.2) is 59.2 Å². The Morgan fingerprint density at radius 2 is 2.16 bits per heavy atom. The summed E-state index contributed by atoms with van der Waals surface area (Å²) in [7, 11) is 1.68. The Balaban J connectivity index is 1.47. The Hall–Kier alpha value is -1.44. The van der Waals surface area contributed by atoms with Crippen molar-refractivity contribution in [3.05, 3.63) is 18.2 Å². The maximum atomic E-state index is 12.4.